The number of carboxylic acid groups (broad SMARTS) is 1. The summed E-state index contributed by atoms with van der Waals surface area (Å²) in [4.78, 5) is 52.9. The van der Waals surface area contributed by atoms with Crippen molar-refractivity contribution in [1.82, 2.24) is 16.0 Å². The molecule has 33 heavy (non-hydrogen) atoms. The van der Waals surface area contributed by atoms with E-state index >= 15 is 0 Å². The molecule has 0 rings (SSSR count). The number of hydrogen-bond donors (Lipinski definition) is 7. The normalized spacial score (nSPS) is 14.5. The Hall–Kier alpha value is -2.54. The maximum atomic E-state index is 12.9. The molecule has 0 aromatic heterocycles. The van der Waals surface area contributed by atoms with Gasteiger partial charge in [-0.3, -0.25) is 24.2 Å². The van der Waals surface area contributed by atoms with Crippen LogP contribution in [0.4, 0.5) is 0 Å². The summed E-state index contributed by atoms with van der Waals surface area (Å²) in [6, 6.07) is -3.79. The third kappa shape index (κ3) is 13.6. The Labute approximate surface area is 199 Å². The number of carboxylic acids is 1. The van der Waals surface area contributed by atoms with E-state index in [1.807, 2.05) is 20.1 Å². The third-order valence-corrected chi connectivity index (χ3v) is 5.26. The first kappa shape index (κ1) is 30.5. The highest BCUT2D eigenvalue weighted by molar-refractivity contribution is 7.98. The van der Waals surface area contributed by atoms with E-state index in [0.29, 0.717) is 38.0 Å². The monoisotopic (exact) mass is 489 g/mol. The Kier molecular flexibility index (Phi) is 14.9. The predicted molar refractivity (Wildman–Crippen MR) is 129 cm³/mol. The molecule has 13 heteroatoms. The number of nitrogens with two attached hydrogens (primary N) is 3. The van der Waals surface area contributed by atoms with Gasteiger partial charge in [0.15, 0.2) is 5.96 Å². The summed E-state index contributed by atoms with van der Waals surface area (Å²) in [5.41, 5.74) is 16.5. The van der Waals surface area contributed by atoms with E-state index in [4.69, 9.17) is 22.3 Å². The molecule has 0 fully saturated rings. The average molecular weight is 490 g/mol. The molecule has 3 amide bonds. The van der Waals surface area contributed by atoms with E-state index in [-0.39, 0.29) is 11.9 Å². The summed E-state index contributed by atoms with van der Waals surface area (Å²) in [5, 5.41) is 16.7. The second-order valence-electron chi connectivity index (χ2n) is 8.16. The summed E-state index contributed by atoms with van der Waals surface area (Å²) < 4.78 is 0. The number of rotatable bonds is 16. The minimum absolute atomic E-state index is 0.0421. The number of carbonyl (C=O) groups is 4. The Balaban J connectivity index is 5.20. The van der Waals surface area contributed by atoms with E-state index in [2.05, 4.69) is 20.9 Å². The lowest BCUT2D eigenvalue weighted by Crippen LogP contribution is -2.57. The van der Waals surface area contributed by atoms with Gasteiger partial charge in [0, 0.05) is 6.54 Å². The van der Waals surface area contributed by atoms with Gasteiger partial charge in [0.2, 0.25) is 17.7 Å². The first-order chi connectivity index (χ1) is 15.4. The van der Waals surface area contributed by atoms with E-state index in [0.717, 1.165) is 0 Å². The second kappa shape index (κ2) is 16.1. The van der Waals surface area contributed by atoms with Crippen molar-refractivity contribution in [1.29, 1.82) is 0 Å². The van der Waals surface area contributed by atoms with Crippen molar-refractivity contribution in [2.24, 2.45) is 28.1 Å². The van der Waals surface area contributed by atoms with E-state index < -0.39 is 47.9 Å². The Bertz CT molecular complexity index is 686. The largest absolute Gasteiger partial charge is 0.480 e. The highest BCUT2D eigenvalue weighted by atomic mass is 32.2. The van der Waals surface area contributed by atoms with Crippen LogP contribution in [0.15, 0.2) is 4.99 Å². The summed E-state index contributed by atoms with van der Waals surface area (Å²) in [7, 11) is 0. The van der Waals surface area contributed by atoms with Crippen molar-refractivity contribution in [3.63, 3.8) is 0 Å². The third-order valence-electron chi connectivity index (χ3n) is 4.62. The highest BCUT2D eigenvalue weighted by Gasteiger charge is 2.29. The summed E-state index contributed by atoms with van der Waals surface area (Å²) >= 11 is 1.50. The van der Waals surface area contributed by atoms with Crippen LogP contribution in [-0.4, -0.2) is 77.5 Å². The number of nitrogens with zero attached hydrogens (tertiary/aromatic N) is 1. The zero-order valence-corrected chi connectivity index (χ0v) is 20.6. The van der Waals surface area contributed by atoms with E-state index in [1.54, 1.807) is 0 Å². The Morgan fingerprint density at radius 1 is 0.939 bits per heavy atom. The molecular formula is C20H39N7O5S. The van der Waals surface area contributed by atoms with Gasteiger partial charge in [-0.25, -0.2) is 0 Å². The first-order valence-electron chi connectivity index (χ1n) is 10.8. The van der Waals surface area contributed by atoms with Crippen LogP contribution in [0.2, 0.25) is 0 Å². The van der Waals surface area contributed by atoms with Crippen molar-refractivity contribution < 1.29 is 24.3 Å². The number of aliphatic carboxylic acids is 1. The number of thioether (sulfide) groups is 1. The molecule has 0 aromatic rings. The van der Waals surface area contributed by atoms with Gasteiger partial charge in [-0.2, -0.15) is 11.8 Å². The van der Waals surface area contributed by atoms with Crippen LogP contribution < -0.4 is 33.2 Å². The van der Waals surface area contributed by atoms with Gasteiger partial charge in [-0.15, -0.1) is 0 Å². The topological polar surface area (TPSA) is 215 Å². The Morgan fingerprint density at radius 3 is 2.03 bits per heavy atom. The molecule has 0 radical (unpaired) electrons. The first-order valence-corrected chi connectivity index (χ1v) is 12.2. The number of carbonyl (C=O) groups excluding carboxylic acids is 3. The molecule has 0 heterocycles. The SMILES string of the molecule is CSCCC(NC(=O)C(N)CCCN=C(N)N)C(=O)NC(CC(C)C)C(=O)NC(C)C(=O)O. The summed E-state index contributed by atoms with van der Waals surface area (Å²) in [5.74, 6) is -2.21. The molecule has 0 saturated carbocycles. The molecule has 4 unspecified atom stereocenters. The molecule has 0 saturated heterocycles. The zero-order chi connectivity index (χ0) is 25.6. The lowest BCUT2D eigenvalue weighted by atomic mass is 10.0. The molecule has 0 aliphatic heterocycles. The van der Waals surface area contributed by atoms with E-state index in [1.165, 1.54) is 18.7 Å². The molecule has 0 bridgehead atoms. The number of aliphatic imine (C=N–C) groups is 1. The lowest BCUT2D eigenvalue weighted by Gasteiger charge is -2.25. The number of guanidine groups is 1. The lowest BCUT2D eigenvalue weighted by molar-refractivity contribution is -0.142. The summed E-state index contributed by atoms with van der Waals surface area (Å²) in [6.45, 7) is 5.42. The molecular weight excluding hydrogens is 450 g/mol. The van der Waals surface area contributed by atoms with Gasteiger partial charge in [0.25, 0.3) is 0 Å². The van der Waals surface area contributed by atoms with Crippen LogP contribution in [0.3, 0.4) is 0 Å². The fraction of sp³-hybridized carbons (Fsp3) is 0.750. The number of hydrogen-bond acceptors (Lipinski definition) is 7. The van der Waals surface area contributed by atoms with Crippen molar-refractivity contribution in [2.45, 2.75) is 70.6 Å². The Morgan fingerprint density at radius 2 is 1.52 bits per heavy atom. The van der Waals surface area contributed by atoms with E-state index in [9.17, 15) is 19.2 Å². The predicted octanol–water partition coefficient (Wildman–Crippen LogP) is -1.27. The number of amides is 3. The van der Waals surface area contributed by atoms with Crippen LogP contribution in [0, 0.1) is 5.92 Å². The molecule has 12 nitrogen and oxygen atoms in total. The molecule has 10 N–H and O–H groups in total. The maximum Gasteiger partial charge on any atom is 0.325 e. The number of nitrogens with one attached hydrogen (secondary N) is 3. The van der Waals surface area contributed by atoms with Gasteiger partial charge in [-0.1, -0.05) is 13.8 Å². The van der Waals surface area contributed by atoms with Crippen molar-refractivity contribution in [3.05, 3.63) is 0 Å². The van der Waals surface area contributed by atoms with Gasteiger partial charge < -0.3 is 38.3 Å². The van der Waals surface area contributed by atoms with Crippen molar-refractivity contribution >= 4 is 41.4 Å². The fourth-order valence-electron chi connectivity index (χ4n) is 2.78. The quantitative estimate of drug-likeness (QED) is 0.0779. The molecule has 190 valence electrons. The molecule has 0 spiro atoms. The minimum Gasteiger partial charge on any atom is -0.480 e. The molecule has 0 aliphatic carbocycles. The zero-order valence-electron chi connectivity index (χ0n) is 19.8. The molecule has 4 atom stereocenters. The van der Waals surface area contributed by atoms with Gasteiger partial charge >= 0.3 is 5.97 Å². The van der Waals surface area contributed by atoms with Crippen LogP contribution in [0.5, 0.6) is 0 Å². The van der Waals surface area contributed by atoms with Crippen molar-refractivity contribution in [2.75, 3.05) is 18.6 Å². The van der Waals surface area contributed by atoms with Crippen LogP contribution in [-0.2, 0) is 19.2 Å². The van der Waals surface area contributed by atoms with Gasteiger partial charge in [0.05, 0.1) is 6.04 Å². The smallest absolute Gasteiger partial charge is 0.325 e. The molecule has 0 aliphatic rings. The van der Waals surface area contributed by atoms with Crippen LogP contribution in [0.25, 0.3) is 0 Å². The highest BCUT2D eigenvalue weighted by Crippen LogP contribution is 2.08. The average Bonchev–Trinajstić information content (AvgIpc) is 2.72. The molecule has 0 aromatic carbocycles. The standard InChI is InChI=1S/C20H39N7O5S/c1-11(2)10-15(18(30)25-12(3)19(31)32)27-17(29)14(7-9-33-4)26-16(28)13(21)6-5-8-24-20(22)23/h11-15H,5-10,21H2,1-4H3,(H,25,30)(H,26,28)(H,27,29)(H,31,32)(H4,22,23,24). The summed E-state index contributed by atoms with van der Waals surface area (Å²) in [6.07, 6.45) is 3.32. The maximum absolute atomic E-state index is 12.9. The van der Waals surface area contributed by atoms with Crippen LogP contribution >= 0.6 is 11.8 Å². The fourth-order valence-corrected chi connectivity index (χ4v) is 3.26. The van der Waals surface area contributed by atoms with Crippen LogP contribution in [0.1, 0.15) is 46.5 Å². The second-order valence-corrected chi connectivity index (χ2v) is 9.14. The van der Waals surface area contributed by atoms with Crippen molar-refractivity contribution in [3.8, 4) is 0 Å². The van der Waals surface area contributed by atoms with Gasteiger partial charge in [0.1, 0.15) is 18.1 Å². The van der Waals surface area contributed by atoms with Gasteiger partial charge in [-0.05, 0) is 50.5 Å². The minimum atomic E-state index is -1.18.